The average molecular weight is 262 g/mol. The van der Waals surface area contributed by atoms with Gasteiger partial charge in [-0.05, 0) is 6.92 Å². The van der Waals surface area contributed by atoms with Crippen molar-refractivity contribution in [3.63, 3.8) is 0 Å². The van der Waals surface area contributed by atoms with E-state index in [0.717, 1.165) is 0 Å². The lowest BCUT2D eigenvalue weighted by molar-refractivity contribution is -0.121. The number of ketones is 2. The first kappa shape index (κ1) is 15.0. The summed E-state index contributed by atoms with van der Waals surface area (Å²) in [4.78, 5) is 24.5. The van der Waals surface area contributed by atoms with Crippen LogP contribution in [0.4, 0.5) is 0 Å². The Bertz CT molecular complexity index is 506. The van der Waals surface area contributed by atoms with E-state index in [1.165, 1.54) is 14.2 Å². The predicted octanol–water partition coefficient (Wildman–Crippen LogP) is 2.34. The van der Waals surface area contributed by atoms with Crippen molar-refractivity contribution in [1.29, 1.82) is 0 Å². The Balaban J connectivity index is 3.31. The second kappa shape index (κ2) is 6.18. The fourth-order valence-electron chi connectivity index (χ4n) is 2.05. The predicted molar refractivity (Wildman–Crippen MR) is 72.3 cm³/mol. The molecule has 4 nitrogen and oxygen atoms in total. The summed E-state index contributed by atoms with van der Waals surface area (Å²) in [5.74, 6) is -0.885. The van der Waals surface area contributed by atoms with Crippen LogP contribution in [0, 0.1) is 5.92 Å². The van der Waals surface area contributed by atoms with Gasteiger partial charge in [0.1, 0.15) is 0 Å². The van der Waals surface area contributed by atoms with E-state index in [1.54, 1.807) is 19.1 Å². The number of allylic oxidation sites excluding steroid dienone is 5. The van der Waals surface area contributed by atoms with Crippen LogP contribution in [0.15, 0.2) is 47.5 Å². The minimum atomic E-state index is -0.312. The number of carbonyl (C=O) groups is 2. The van der Waals surface area contributed by atoms with Gasteiger partial charge in [0, 0.05) is 17.1 Å². The minimum Gasteiger partial charge on any atom is -0.489 e. The highest BCUT2D eigenvalue weighted by molar-refractivity contribution is 6.23. The van der Waals surface area contributed by atoms with E-state index in [-0.39, 0.29) is 29.0 Å². The minimum absolute atomic E-state index is 0.0337. The number of hydrogen-bond acceptors (Lipinski definition) is 4. The third kappa shape index (κ3) is 2.67. The smallest absolute Gasteiger partial charge is 0.228 e. The first-order valence-corrected chi connectivity index (χ1v) is 5.91. The molecule has 0 saturated carbocycles. The van der Waals surface area contributed by atoms with Crippen molar-refractivity contribution in [1.82, 2.24) is 0 Å². The topological polar surface area (TPSA) is 52.6 Å². The van der Waals surface area contributed by atoms with Crippen molar-refractivity contribution in [3.8, 4) is 0 Å². The highest BCUT2D eigenvalue weighted by Crippen LogP contribution is 2.30. The molecule has 0 aromatic heterocycles. The maximum atomic E-state index is 12.4. The third-order valence-electron chi connectivity index (χ3n) is 3.01. The Labute approximate surface area is 113 Å². The second-order valence-corrected chi connectivity index (χ2v) is 4.17. The molecule has 1 unspecified atom stereocenters. The third-order valence-corrected chi connectivity index (χ3v) is 3.01. The number of hydrogen-bond donors (Lipinski definition) is 0. The molecule has 0 bridgehead atoms. The molecular weight excluding hydrogens is 244 g/mol. The Morgan fingerprint density at radius 1 is 1.11 bits per heavy atom. The molecule has 0 aliphatic heterocycles. The van der Waals surface area contributed by atoms with Crippen LogP contribution in [-0.4, -0.2) is 25.8 Å². The molecule has 4 heteroatoms. The zero-order chi connectivity index (χ0) is 14.6. The number of rotatable bonds is 5. The summed E-state index contributed by atoms with van der Waals surface area (Å²) in [5, 5.41) is 0. The molecule has 0 saturated heterocycles. The van der Waals surface area contributed by atoms with Gasteiger partial charge < -0.3 is 9.47 Å². The van der Waals surface area contributed by atoms with E-state index >= 15 is 0 Å². The Kier molecular flexibility index (Phi) is 4.87. The Hall–Kier alpha value is -2.10. The highest BCUT2D eigenvalue weighted by Gasteiger charge is 2.36. The van der Waals surface area contributed by atoms with Gasteiger partial charge in [-0.15, -0.1) is 0 Å². The lowest BCUT2D eigenvalue weighted by atomic mass is 9.85. The quantitative estimate of drug-likeness (QED) is 0.563. The van der Waals surface area contributed by atoms with E-state index in [0.29, 0.717) is 11.1 Å². The summed E-state index contributed by atoms with van der Waals surface area (Å²) in [5.41, 5.74) is 0.824. The van der Waals surface area contributed by atoms with Gasteiger partial charge in [0.15, 0.2) is 0 Å². The Morgan fingerprint density at radius 3 is 2.11 bits per heavy atom. The lowest BCUT2D eigenvalue weighted by Crippen LogP contribution is -2.27. The maximum Gasteiger partial charge on any atom is 0.228 e. The van der Waals surface area contributed by atoms with Crippen molar-refractivity contribution in [2.45, 2.75) is 13.8 Å². The molecule has 0 radical (unpaired) electrons. The monoisotopic (exact) mass is 262 g/mol. The molecule has 0 N–H and O–H groups in total. The van der Waals surface area contributed by atoms with Gasteiger partial charge in [0.2, 0.25) is 23.1 Å². The largest absolute Gasteiger partial charge is 0.489 e. The first-order valence-electron chi connectivity index (χ1n) is 5.91. The second-order valence-electron chi connectivity index (χ2n) is 4.17. The van der Waals surface area contributed by atoms with E-state index in [2.05, 4.69) is 6.58 Å². The SMILES string of the molecule is C=C/C=C/C(C)C1=C(C)C(=O)C(OC)=C(OC)C1=O. The van der Waals surface area contributed by atoms with Crippen molar-refractivity contribution in [2.75, 3.05) is 14.2 Å². The van der Waals surface area contributed by atoms with Crippen LogP contribution in [0.2, 0.25) is 0 Å². The van der Waals surface area contributed by atoms with Gasteiger partial charge >= 0.3 is 0 Å². The molecule has 1 aliphatic carbocycles. The summed E-state index contributed by atoms with van der Waals surface area (Å²) >= 11 is 0. The van der Waals surface area contributed by atoms with Crippen LogP contribution in [0.3, 0.4) is 0 Å². The summed E-state index contributed by atoms with van der Waals surface area (Å²) in [6, 6.07) is 0. The summed E-state index contributed by atoms with van der Waals surface area (Å²) in [7, 11) is 2.70. The molecule has 0 spiro atoms. The van der Waals surface area contributed by atoms with E-state index in [4.69, 9.17) is 9.47 Å². The molecule has 0 aromatic rings. The summed E-state index contributed by atoms with van der Waals surface area (Å²) < 4.78 is 9.99. The molecule has 1 rings (SSSR count). The highest BCUT2D eigenvalue weighted by atomic mass is 16.5. The van der Waals surface area contributed by atoms with Crippen LogP contribution in [0.5, 0.6) is 0 Å². The van der Waals surface area contributed by atoms with Gasteiger partial charge in [0.25, 0.3) is 0 Å². The van der Waals surface area contributed by atoms with E-state index < -0.39 is 0 Å². The maximum absolute atomic E-state index is 12.4. The van der Waals surface area contributed by atoms with Crippen molar-refractivity contribution >= 4 is 11.6 Å². The molecule has 1 aliphatic rings. The first-order chi connectivity index (χ1) is 8.99. The van der Waals surface area contributed by atoms with E-state index in [1.807, 2.05) is 13.0 Å². The molecule has 0 heterocycles. The van der Waals surface area contributed by atoms with Gasteiger partial charge in [-0.3, -0.25) is 9.59 Å². The van der Waals surface area contributed by atoms with Gasteiger partial charge in [0.05, 0.1) is 14.2 Å². The normalized spacial score (nSPS) is 18.1. The number of methoxy groups -OCH3 is 2. The number of Topliss-reactive ketones (excluding diaryl/α,β-unsaturated/α-hetero) is 2. The van der Waals surface area contributed by atoms with Gasteiger partial charge in [-0.2, -0.15) is 0 Å². The molecule has 0 aromatic carbocycles. The van der Waals surface area contributed by atoms with E-state index in [9.17, 15) is 9.59 Å². The summed E-state index contributed by atoms with van der Waals surface area (Å²) in [6.45, 7) is 7.05. The van der Waals surface area contributed by atoms with Gasteiger partial charge in [-0.1, -0.05) is 31.7 Å². The molecular formula is C15H18O4. The Morgan fingerprint density at radius 2 is 1.63 bits per heavy atom. The molecule has 1 atom stereocenters. The molecule has 0 amide bonds. The molecule has 0 fully saturated rings. The average Bonchev–Trinajstić information content (AvgIpc) is 2.40. The van der Waals surface area contributed by atoms with Crippen LogP contribution in [-0.2, 0) is 19.1 Å². The molecule has 102 valence electrons. The zero-order valence-corrected chi connectivity index (χ0v) is 11.6. The van der Waals surface area contributed by atoms with Crippen molar-refractivity contribution in [3.05, 3.63) is 47.5 Å². The van der Waals surface area contributed by atoms with Crippen LogP contribution in [0.25, 0.3) is 0 Å². The van der Waals surface area contributed by atoms with Crippen LogP contribution >= 0.6 is 0 Å². The zero-order valence-electron chi connectivity index (χ0n) is 11.6. The van der Waals surface area contributed by atoms with Crippen LogP contribution < -0.4 is 0 Å². The fraction of sp³-hybridized carbons (Fsp3) is 0.333. The lowest BCUT2D eigenvalue weighted by Gasteiger charge is -2.22. The van der Waals surface area contributed by atoms with Crippen molar-refractivity contribution < 1.29 is 19.1 Å². The van der Waals surface area contributed by atoms with Crippen molar-refractivity contribution in [2.24, 2.45) is 5.92 Å². The number of carbonyl (C=O) groups excluding carboxylic acids is 2. The number of ether oxygens (including phenoxy) is 2. The summed E-state index contributed by atoms with van der Waals surface area (Å²) in [6.07, 6.45) is 5.17. The molecule has 19 heavy (non-hydrogen) atoms. The van der Waals surface area contributed by atoms with Gasteiger partial charge in [-0.25, -0.2) is 0 Å². The standard InChI is InChI=1S/C15H18O4/c1-6-7-8-9(2)11-10(3)12(16)14(18-4)15(19-5)13(11)17/h6-9H,1H2,2-5H3/b8-7+. The van der Waals surface area contributed by atoms with Crippen LogP contribution in [0.1, 0.15) is 13.8 Å². The fourth-order valence-corrected chi connectivity index (χ4v) is 2.05.